The van der Waals surface area contributed by atoms with Crippen molar-refractivity contribution in [1.82, 2.24) is 19.6 Å². The maximum absolute atomic E-state index is 12.4. The maximum Gasteiger partial charge on any atom is 0.324 e. The van der Waals surface area contributed by atoms with E-state index in [1.165, 1.54) is 15.4 Å². The van der Waals surface area contributed by atoms with Crippen molar-refractivity contribution < 1.29 is 9.59 Å². The Morgan fingerprint density at radius 1 is 1.19 bits per heavy atom. The Bertz CT molecular complexity index is 804. The van der Waals surface area contributed by atoms with Crippen LogP contribution in [0.15, 0.2) is 36.5 Å². The lowest BCUT2D eigenvalue weighted by atomic mass is 9.87. The van der Waals surface area contributed by atoms with Gasteiger partial charge >= 0.3 is 6.03 Å². The number of nitrogens with zero attached hydrogens (tertiary/aromatic N) is 4. The number of likely N-dealkylation sites (N-methyl/N-ethyl adjacent to an activating group) is 1. The molecule has 0 radical (unpaired) electrons. The van der Waals surface area contributed by atoms with Gasteiger partial charge in [-0.15, -0.1) is 0 Å². The summed E-state index contributed by atoms with van der Waals surface area (Å²) in [6.07, 6.45) is 1.65. The van der Waals surface area contributed by atoms with E-state index in [9.17, 15) is 9.59 Å². The zero-order valence-electron chi connectivity index (χ0n) is 15.7. The van der Waals surface area contributed by atoms with Gasteiger partial charge in [0, 0.05) is 13.1 Å². The smallest absolute Gasteiger partial charge is 0.324 e. The largest absolute Gasteiger partial charge is 0.326 e. The van der Waals surface area contributed by atoms with Gasteiger partial charge in [0.05, 0.1) is 19.4 Å². The second-order valence-corrected chi connectivity index (χ2v) is 7.68. The van der Waals surface area contributed by atoms with Gasteiger partial charge in [-0.25, -0.2) is 9.48 Å². The zero-order valence-corrected chi connectivity index (χ0v) is 15.7. The number of amides is 3. The van der Waals surface area contributed by atoms with Crippen LogP contribution in [-0.2, 0) is 16.8 Å². The minimum atomic E-state index is -0.299. The van der Waals surface area contributed by atoms with E-state index in [1.54, 1.807) is 24.0 Å². The molecular weight excluding hydrogens is 330 g/mol. The minimum absolute atomic E-state index is 0.0624. The molecule has 7 nitrogen and oxygen atoms in total. The van der Waals surface area contributed by atoms with Crippen molar-refractivity contribution in [1.29, 1.82) is 0 Å². The van der Waals surface area contributed by atoms with Gasteiger partial charge in [-0.2, -0.15) is 5.10 Å². The molecule has 1 saturated heterocycles. The summed E-state index contributed by atoms with van der Waals surface area (Å²) in [5, 5.41) is 7.14. The summed E-state index contributed by atoms with van der Waals surface area (Å²) >= 11 is 0. The fraction of sp³-hybridized carbons (Fsp3) is 0.421. The highest BCUT2D eigenvalue weighted by Crippen LogP contribution is 2.22. The molecular formula is C19H25N5O2. The van der Waals surface area contributed by atoms with Gasteiger partial charge in [-0.3, -0.25) is 15.0 Å². The summed E-state index contributed by atoms with van der Waals surface area (Å²) in [5.74, 6) is 0.546. The quantitative estimate of drug-likeness (QED) is 0.920. The van der Waals surface area contributed by atoms with Crippen molar-refractivity contribution in [3.05, 3.63) is 47.7 Å². The molecule has 0 aliphatic carbocycles. The number of nitrogens with one attached hydrogen (secondary N) is 1. The molecule has 0 saturated carbocycles. The summed E-state index contributed by atoms with van der Waals surface area (Å²) in [6, 6.07) is 9.88. The summed E-state index contributed by atoms with van der Waals surface area (Å²) in [7, 11) is 1.68. The third-order valence-electron chi connectivity index (χ3n) is 4.53. The summed E-state index contributed by atoms with van der Waals surface area (Å²) in [6.45, 7) is 7.51. The van der Waals surface area contributed by atoms with E-state index in [1.807, 2.05) is 0 Å². The van der Waals surface area contributed by atoms with E-state index in [0.29, 0.717) is 19.0 Å². The number of rotatable bonds is 3. The molecule has 0 atom stereocenters. The molecule has 3 rings (SSSR count). The number of anilines is 1. The van der Waals surface area contributed by atoms with Gasteiger partial charge in [0.25, 0.3) is 0 Å². The number of benzene rings is 1. The molecule has 0 bridgehead atoms. The van der Waals surface area contributed by atoms with Crippen LogP contribution in [0.3, 0.4) is 0 Å². The van der Waals surface area contributed by atoms with Gasteiger partial charge in [0.1, 0.15) is 12.4 Å². The highest BCUT2D eigenvalue weighted by molar-refractivity contribution is 5.93. The molecule has 2 heterocycles. The van der Waals surface area contributed by atoms with Gasteiger partial charge in [0.2, 0.25) is 5.91 Å². The van der Waals surface area contributed by atoms with Crippen molar-refractivity contribution in [2.45, 2.75) is 32.7 Å². The summed E-state index contributed by atoms with van der Waals surface area (Å²) in [4.78, 5) is 26.9. The van der Waals surface area contributed by atoms with Crippen LogP contribution in [0.1, 0.15) is 31.9 Å². The van der Waals surface area contributed by atoms with Crippen molar-refractivity contribution in [3.63, 3.8) is 0 Å². The lowest BCUT2D eigenvalue weighted by Crippen LogP contribution is -2.34. The molecule has 1 N–H and O–H groups in total. The fourth-order valence-electron chi connectivity index (χ4n) is 2.84. The van der Waals surface area contributed by atoms with E-state index in [0.717, 1.165) is 5.56 Å². The number of urea groups is 1. The molecule has 1 aliphatic heterocycles. The molecule has 0 spiro atoms. The Morgan fingerprint density at radius 2 is 1.88 bits per heavy atom. The van der Waals surface area contributed by atoms with Gasteiger partial charge < -0.3 is 4.90 Å². The van der Waals surface area contributed by atoms with Gasteiger partial charge in [-0.05, 0) is 16.5 Å². The van der Waals surface area contributed by atoms with Crippen molar-refractivity contribution in [2.24, 2.45) is 0 Å². The lowest BCUT2D eigenvalue weighted by Gasteiger charge is -2.19. The Hall–Kier alpha value is -2.83. The molecule has 138 valence electrons. The van der Waals surface area contributed by atoms with Gasteiger partial charge in [0.15, 0.2) is 0 Å². The second-order valence-electron chi connectivity index (χ2n) is 7.68. The predicted molar refractivity (Wildman–Crippen MR) is 99.8 cm³/mol. The second kappa shape index (κ2) is 6.82. The molecule has 0 unspecified atom stereocenters. The molecule has 1 fully saturated rings. The Morgan fingerprint density at radius 3 is 2.46 bits per heavy atom. The van der Waals surface area contributed by atoms with E-state index < -0.39 is 0 Å². The van der Waals surface area contributed by atoms with E-state index in [2.05, 4.69) is 55.5 Å². The molecule has 26 heavy (non-hydrogen) atoms. The monoisotopic (exact) mass is 355 g/mol. The van der Waals surface area contributed by atoms with Crippen LogP contribution in [0.25, 0.3) is 0 Å². The SMILES string of the molecule is CN1CN(C(=O)Nc2ccnn2Cc2ccc(C(C)(C)C)cc2)CC1=O. The van der Waals surface area contributed by atoms with Crippen LogP contribution >= 0.6 is 0 Å². The van der Waals surface area contributed by atoms with Crippen LogP contribution in [0.2, 0.25) is 0 Å². The Labute approximate surface area is 153 Å². The van der Waals surface area contributed by atoms with E-state index >= 15 is 0 Å². The Balaban J connectivity index is 1.67. The van der Waals surface area contributed by atoms with Crippen LogP contribution < -0.4 is 5.32 Å². The van der Waals surface area contributed by atoms with Crippen molar-refractivity contribution in [3.8, 4) is 0 Å². The standard InChI is InChI=1S/C19H25N5O2/c1-19(2,3)15-7-5-14(6-8-15)11-24-16(9-10-20-24)21-18(26)23-12-17(25)22(4)13-23/h5-10H,11-13H2,1-4H3,(H,21,26). The van der Waals surface area contributed by atoms with Crippen molar-refractivity contribution >= 4 is 17.8 Å². The number of hydrogen-bond acceptors (Lipinski definition) is 3. The average Bonchev–Trinajstić information content (AvgIpc) is 3.14. The first kappa shape index (κ1) is 18.0. The topological polar surface area (TPSA) is 70.5 Å². The average molecular weight is 355 g/mol. The molecule has 3 amide bonds. The third kappa shape index (κ3) is 3.87. The molecule has 2 aromatic rings. The number of carbonyl (C=O) groups is 2. The van der Waals surface area contributed by atoms with E-state index in [4.69, 9.17) is 0 Å². The van der Waals surface area contributed by atoms with Crippen LogP contribution in [0.4, 0.5) is 10.6 Å². The molecule has 1 aromatic carbocycles. The highest BCUT2D eigenvalue weighted by Gasteiger charge is 2.28. The third-order valence-corrected chi connectivity index (χ3v) is 4.53. The van der Waals surface area contributed by atoms with Crippen LogP contribution in [0, 0.1) is 0 Å². The first-order valence-electron chi connectivity index (χ1n) is 8.65. The van der Waals surface area contributed by atoms with Crippen LogP contribution in [-0.4, -0.2) is 51.8 Å². The number of carbonyl (C=O) groups excluding carboxylic acids is 2. The maximum atomic E-state index is 12.4. The summed E-state index contributed by atoms with van der Waals surface area (Å²) < 4.78 is 1.74. The summed E-state index contributed by atoms with van der Waals surface area (Å²) in [5.41, 5.74) is 2.50. The molecule has 1 aliphatic rings. The number of hydrogen-bond donors (Lipinski definition) is 1. The molecule has 1 aromatic heterocycles. The fourth-order valence-corrected chi connectivity index (χ4v) is 2.84. The highest BCUT2D eigenvalue weighted by atomic mass is 16.2. The van der Waals surface area contributed by atoms with Gasteiger partial charge in [-0.1, -0.05) is 45.0 Å². The van der Waals surface area contributed by atoms with Crippen LogP contribution in [0.5, 0.6) is 0 Å². The van der Waals surface area contributed by atoms with E-state index in [-0.39, 0.29) is 23.9 Å². The zero-order chi connectivity index (χ0) is 18.9. The minimum Gasteiger partial charge on any atom is -0.326 e. The molecule has 7 heteroatoms. The first-order valence-corrected chi connectivity index (χ1v) is 8.65. The lowest BCUT2D eigenvalue weighted by molar-refractivity contribution is -0.125. The Kier molecular flexibility index (Phi) is 4.71. The predicted octanol–water partition coefficient (Wildman–Crippen LogP) is 2.49. The van der Waals surface area contributed by atoms with Crippen molar-refractivity contribution in [2.75, 3.05) is 25.6 Å². The number of aromatic nitrogens is 2. The normalized spacial score (nSPS) is 14.8. The first-order chi connectivity index (χ1) is 12.2.